The van der Waals surface area contributed by atoms with Gasteiger partial charge in [-0.15, -0.1) is 5.69 Å². The first-order valence-corrected chi connectivity index (χ1v) is 14.8. The van der Waals surface area contributed by atoms with Crippen LogP contribution in [0, 0.1) is 23.3 Å². The summed E-state index contributed by atoms with van der Waals surface area (Å²) in [4.78, 5) is 24.7. The van der Waals surface area contributed by atoms with Gasteiger partial charge in [0, 0.05) is 31.0 Å². The van der Waals surface area contributed by atoms with Crippen LogP contribution in [-0.4, -0.2) is 32.8 Å². The minimum Gasteiger partial charge on any atom is -0.664 e. The molecule has 0 N–H and O–H groups in total. The maximum atomic E-state index is 14.6. The van der Waals surface area contributed by atoms with E-state index in [1.165, 1.54) is 42.8 Å². The molecule has 0 aliphatic carbocycles. The van der Waals surface area contributed by atoms with E-state index in [0.29, 0.717) is 0 Å². The van der Waals surface area contributed by atoms with E-state index in [-0.39, 0.29) is 43.0 Å². The maximum Gasteiger partial charge on any atom is 1.00 e. The smallest absolute Gasteiger partial charge is 0.664 e. The summed E-state index contributed by atoms with van der Waals surface area (Å²) in [5.74, 6) is -7.57. The zero-order chi connectivity index (χ0) is 34.4. The molecule has 0 fully saturated rings. The molecule has 0 spiro atoms. The number of benzene rings is 1. The van der Waals surface area contributed by atoms with Gasteiger partial charge in [-0.1, -0.05) is 49.1 Å². The van der Waals surface area contributed by atoms with Gasteiger partial charge in [0.25, 0.3) is 0 Å². The zero-order valence-corrected chi connectivity index (χ0v) is 27.9. The molecule has 0 unspecified atom stereocenters. The van der Waals surface area contributed by atoms with Crippen LogP contribution < -0.4 is 9.72 Å². The molecule has 1 aliphatic rings. The Kier molecular flexibility index (Phi) is 13.8. The topological polar surface area (TPSA) is 87.2 Å². The maximum absolute atomic E-state index is 14.6. The van der Waals surface area contributed by atoms with Crippen LogP contribution in [0.1, 0.15) is 11.3 Å². The van der Waals surface area contributed by atoms with Gasteiger partial charge in [0.05, 0.1) is 34.0 Å². The molecule has 0 atom stereocenters. The van der Waals surface area contributed by atoms with E-state index < -0.39 is 34.6 Å². The quantitative estimate of drug-likeness (QED) is 0.0703. The Labute approximate surface area is 298 Å². The summed E-state index contributed by atoms with van der Waals surface area (Å²) in [6.07, 6.45) is 14.0. The molecule has 7 nitrogen and oxygen atoms in total. The van der Waals surface area contributed by atoms with Gasteiger partial charge in [-0.05, 0) is 66.3 Å². The fourth-order valence-electron chi connectivity index (χ4n) is 4.44. The van der Waals surface area contributed by atoms with Crippen LogP contribution in [0.25, 0.3) is 28.3 Å². The van der Waals surface area contributed by atoms with Crippen molar-refractivity contribution in [1.29, 1.82) is 0 Å². The largest absolute Gasteiger partial charge is 1.00 e. The van der Waals surface area contributed by atoms with Crippen LogP contribution in [0.5, 0.6) is 5.75 Å². The first-order chi connectivity index (χ1) is 24.0. The number of hydrogen-bond donors (Lipinski definition) is 0. The molecule has 1 aromatic carbocycles. The number of aliphatic imine (C=N–C) groups is 1. The molecule has 50 heavy (non-hydrogen) atoms. The van der Waals surface area contributed by atoms with E-state index >= 15 is 0 Å². The van der Waals surface area contributed by atoms with Gasteiger partial charge in [0.15, 0.2) is 17.4 Å². The van der Waals surface area contributed by atoms with Crippen molar-refractivity contribution in [3.8, 4) is 28.5 Å². The number of halogens is 4. The van der Waals surface area contributed by atoms with E-state index in [9.17, 15) is 17.6 Å². The van der Waals surface area contributed by atoms with Gasteiger partial charge in [0.2, 0.25) is 11.6 Å². The van der Waals surface area contributed by atoms with Crippen molar-refractivity contribution in [1.82, 2.24) is 24.9 Å². The molecule has 1 aliphatic heterocycles. The monoisotopic (exact) mass is 761 g/mol. The molecule has 7 rings (SSSR count). The van der Waals surface area contributed by atoms with Crippen molar-refractivity contribution in [2.75, 3.05) is 6.61 Å². The van der Waals surface area contributed by atoms with Gasteiger partial charge in [-0.2, -0.15) is 15.0 Å². The van der Waals surface area contributed by atoms with E-state index in [1.807, 2.05) is 72.8 Å². The Morgan fingerprint density at radius 3 is 1.48 bits per heavy atom. The van der Waals surface area contributed by atoms with Crippen molar-refractivity contribution in [2.24, 2.45) is 4.99 Å². The third-order valence-electron chi connectivity index (χ3n) is 6.62. The molecular formula is C38H27F4N6ORu. The predicted molar refractivity (Wildman–Crippen MR) is 180 cm³/mol. The number of pyridine rings is 4. The van der Waals surface area contributed by atoms with Crippen molar-refractivity contribution in [3.05, 3.63) is 181 Å². The minimum absolute atomic E-state index is 0. The van der Waals surface area contributed by atoms with Crippen LogP contribution in [0.2, 0.25) is 0 Å². The molecule has 6 heterocycles. The molecule has 0 saturated carbocycles. The molecule has 6 aromatic rings. The third kappa shape index (κ3) is 9.18. The molecular weight excluding hydrogens is 734 g/mol. The second kappa shape index (κ2) is 18.6. The van der Waals surface area contributed by atoms with Gasteiger partial charge in [-0.3, -0.25) is 24.9 Å². The fraction of sp³-hybridized carbons (Fsp3) is 0.0263. The summed E-state index contributed by atoms with van der Waals surface area (Å²) in [7, 11) is 0. The summed E-state index contributed by atoms with van der Waals surface area (Å²) in [6, 6.07) is 26.2. The number of ether oxygens (including phenoxy) is 1. The van der Waals surface area contributed by atoms with Crippen LogP contribution in [0.15, 0.2) is 151 Å². The standard InChI is InChI=1S/C18H11F4N2O.2C10H8N2.Ru/c1-2-9-25-18-16(21)14(19)13(15(20)17(18)22)12(10-5-3-7-23-10)11-6-4-8-24-11;2*1-3-7-11-9(5-1)10-6-2-4-8-12-10;/h2-8H,1,9H2;2*1-8H;/q-1;;;+1/b12-10+;;;. The number of nitrogens with zero attached hydrogens (tertiary/aromatic N) is 6. The number of allylic oxidation sites excluding steroid dienone is 2. The van der Waals surface area contributed by atoms with Gasteiger partial charge >= 0.3 is 19.5 Å². The first-order valence-electron chi connectivity index (χ1n) is 14.8. The Balaban J connectivity index is 0.000000187. The van der Waals surface area contributed by atoms with E-state index in [1.54, 1.807) is 24.8 Å². The van der Waals surface area contributed by atoms with Gasteiger partial charge in [-0.25, -0.2) is 8.78 Å². The first kappa shape index (κ1) is 37.0. The third-order valence-corrected chi connectivity index (χ3v) is 6.62. The second-order valence-corrected chi connectivity index (χ2v) is 9.84. The molecule has 0 saturated heterocycles. The van der Waals surface area contributed by atoms with Crippen molar-refractivity contribution in [2.45, 2.75) is 0 Å². The summed E-state index contributed by atoms with van der Waals surface area (Å²) in [5, 5.41) is 0. The molecule has 251 valence electrons. The average Bonchev–Trinajstić information content (AvgIpc) is 3.91. The SMILES string of the molecule is C=CCOc1c(F)c(F)c(/C(=C2\C=CC=N2)c2ccc[n-]2)c(F)c1F.[Ru+].c1ccc(-c2ccccn2)nc1.c1ccc(-c2ccccn2)nc1. The molecule has 5 aromatic heterocycles. The Hall–Kier alpha value is -5.87. The number of hydrogen-bond acceptors (Lipinski definition) is 6. The van der Waals surface area contributed by atoms with E-state index in [4.69, 9.17) is 4.74 Å². The predicted octanol–water partition coefficient (Wildman–Crippen LogP) is 8.45. The Morgan fingerprint density at radius 1 is 0.660 bits per heavy atom. The van der Waals surface area contributed by atoms with E-state index in [2.05, 4.69) is 36.5 Å². The molecule has 0 bridgehead atoms. The average molecular weight is 761 g/mol. The minimum atomic E-state index is -1.63. The zero-order valence-electron chi connectivity index (χ0n) is 26.2. The van der Waals surface area contributed by atoms with Gasteiger partial charge in [0.1, 0.15) is 6.61 Å². The Bertz CT molecular complexity index is 1870. The summed E-state index contributed by atoms with van der Waals surface area (Å²) in [5.41, 5.74) is 2.88. The van der Waals surface area contributed by atoms with Crippen LogP contribution in [0.4, 0.5) is 17.6 Å². The second-order valence-electron chi connectivity index (χ2n) is 9.84. The van der Waals surface area contributed by atoms with E-state index in [0.717, 1.165) is 22.8 Å². The molecule has 12 heteroatoms. The normalized spacial score (nSPS) is 12.1. The molecule has 1 radical (unpaired) electrons. The number of aromatic nitrogens is 5. The van der Waals surface area contributed by atoms with Crippen LogP contribution >= 0.6 is 0 Å². The molecule has 0 amide bonds. The Morgan fingerprint density at radius 2 is 1.14 bits per heavy atom. The summed E-state index contributed by atoms with van der Waals surface area (Å²) < 4.78 is 62.5. The number of rotatable bonds is 7. The fourth-order valence-corrected chi connectivity index (χ4v) is 4.44. The van der Waals surface area contributed by atoms with Crippen molar-refractivity contribution in [3.63, 3.8) is 0 Å². The van der Waals surface area contributed by atoms with Crippen LogP contribution in [-0.2, 0) is 19.5 Å². The summed E-state index contributed by atoms with van der Waals surface area (Å²) >= 11 is 0. The van der Waals surface area contributed by atoms with Crippen molar-refractivity contribution < 1.29 is 41.8 Å². The van der Waals surface area contributed by atoms with Gasteiger partial charge < -0.3 is 9.72 Å². The van der Waals surface area contributed by atoms with Crippen LogP contribution in [0.3, 0.4) is 0 Å². The van der Waals surface area contributed by atoms with Crippen molar-refractivity contribution >= 4 is 11.8 Å². The summed E-state index contributed by atoms with van der Waals surface area (Å²) in [6.45, 7) is 3.01.